The van der Waals surface area contributed by atoms with Crippen LogP contribution in [0, 0.1) is 13.8 Å². The van der Waals surface area contributed by atoms with Crippen molar-refractivity contribution in [2.24, 2.45) is 0 Å². The molecule has 0 saturated heterocycles. The van der Waals surface area contributed by atoms with Crippen LogP contribution in [-0.4, -0.2) is 16.8 Å². The van der Waals surface area contributed by atoms with E-state index in [1.807, 2.05) is 62.4 Å². The summed E-state index contributed by atoms with van der Waals surface area (Å²) in [7, 11) is 0. The van der Waals surface area contributed by atoms with Gasteiger partial charge >= 0.3 is 0 Å². The SMILES string of the molecule is Cc1ccc(C)c(OCC(C(O)=S)c2ccccc2)c1. The van der Waals surface area contributed by atoms with Crippen LogP contribution in [0.5, 0.6) is 5.75 Å². The third-order valence-electron chi connectivity index (χ3n) is 3.25. The summed E-state index contributed by atoms with van der Waals surface area (Å²) in [4.78, 5) is 0. The molecule has 1 atom stereocenters. The van der Waals surface area contributed by atoms with Gasteiger partial charge in [-0.25, -0.2) is 0 Å². The van der Waals surface area contributed by atoms with E-state index in [1.165, 1.54) is 0 Å². The lowest BCUT2D eigenvalue weighted by atomic mass is 10.0. The maximum Gasteiger partial charge on any atom is 0.167 e. The normalized spacial score (nSPS) is 11.9. The molecule has 1 unspecified atom stereocenters. The predicted molar refractivity (Wildman–Crippen MR) is 85.8 cm³/mol. The van der Waals surface area contributed by atoms with Gasteiger partial charge in [-0.05, 0) is 48.8 Å². The first-order chi connectivity index (χ1) is 9.58. The summed E-state index contributed by atoms with van der Waals surface area (Å²) in [5, 5.41) is 9.68. The van der Waals surface area contributed by atoms with Crippen LogP contribution in [-0.2, 0) is 0 Å². The summed E-state index contributed by atoms with van der Waals surface area (Å²) in [6, 6.07) is 15.8. The monoisotopic (exact) mass is 286 g/mol. The van der Waals surface area contributed by atoms with E-state index < -0.39 is 0 Å². The van der Waals surface area contributed by atoms with Gasteiger partial charge in [-0.3, -0.25) is 0 Å². The Morgan fingerprint density at radius 3 is 2.50 bits per heavy atom. The quantitative estimate of drug-likeness (QED) is 0.829. The van der Waals surface area contributed by atoms with E-state index >= 15 is 0 Å². The Morgan fingerprint density at radius 2 is 1.85 bits per heavy atom. The summed E-state index contributed by atoms with van der Waals surface area (Å²) in [6.45, 7) is 4.37. The van der Waals surface area contributed by atoms with Crippen LogP contribution in [0.3, 0.4) is 0 Å². The highest BCUT2D eigenvalue weighted by Crippen LogP contribution is 2.23. The largest absolute Gasteiger partial charge is 0.501 e. The lowest BCUT2D eigenvalue weighted by Crippen LogP contribution is -2.18. The van der Waals surface area contributed by atoms with E-state index in [0.29, 0.717) is 6.61 Å². The molecule has 1 N–H and O–H groups in total. The zero-order valence-corrected chi connectivity index (χ0v) is 12.5. The van der Waals surface area contributed by atoms with Gasteiger partial charge in [0.15, 0.2) is 5.05 Å². The van der Waals surface area contributed by atoms with E-state index in [9.17, 15) is 5.11 Å². The van der Waals surface area contributed by atoms with Gasteiger partial charge in [0.2, 0.25) is 0 Å². The molecule has 0 heterocycles. The van der Waals surface area contributed by atoms with E-state index in [-0.39, 0.29) is 11.0 Å². The fourth-order valence-electron chi connectivity index (χ4n) is 2.03. The number of ether oxygens (including phenoxy) is 1. The average molecular weight is 286 g/mol. The summed E-state index contributed by atoms with van der Waals surface area (Å²) < 4.78 is 5.85. The van der Waals surface area contributed by atoms with Crippen molar-refractivity contribution in [3.05, 3.63) is 65.2 Å². The second-order valence-electron chi connectivity index (χ2n) is 4.88. The van der Waals surface area contributed by atoms with Crippen LogP contribution in [0.1, 0.15) is 22.6 Å². The van der Waals surface area contributed by atoms with Crippen molar-refractivity contribution >= 4 is 17.3 Å². The maximum atomic E-state index is 9.72. The molecule has 0 amide bonds. The Kier molecular flexibility index (Phi) is 4.74. The van der Waals surface area contributed by atoms with Gasteiger partial charge in [0.05, 0.1) is 5.92 Å². The molecule has 0 aliphatic carbocycles. The Hall–Kier alpha value is -1.87. The highest BCUT2D eigenvalue weighted by Gasteiger charge is 2.17. The lowest BCUT2D eigenvalue weighted by molar-refractivity contribution is 0.301. The molecule has 0 fully saturated rings. The smallest absolute Gasteiger partial charge is 0.167 e. The van der Waals surface area contributed by atoms with Crippen LogP contribution in [0.4, 0.5) is 0 Å². The van der Waals surface area contributed by atoms with Gasteiger partial charge in [-0.1, -0.05) is 42.5 Å². The zero-order valence-electron chi connectivity index (χ0n) is 11.7. The molecule has 0 bridgehead atoms. The van der Waals surface area contributed by atoms with Crippen molar-refractivity contribution < 1.29 is 9.84 Å². The molecule has 20 heavy (non-hydrogen) atoms. The van der Waals surface area contributed by atoms with Gasteiger partial charge in [-0.2, -0.15) is 0 Å². The van der Waals surface area contributed by atoms with E-state index in [2.05, 4.69) is 0 Å². The molecule has 2 rings (SSSR count). The van der Waals surface area contributed by atoms with E-state index in [1.54, 1.807) is 0 Å². The summed E-state index contributed by atoms with van der Waals surface area (Å²) >= 11 is 4.95. The van der Waals surface area contributed by atoms with Crippen molar-refractivity contribution in [3.63, 3.8) is 0 Å². The van der Waals surface area contributed by atoms with E-state index in [0.717, 1.165) is 22.4 Å². The Morgan fingerprint density at radius 1 is 1.15 bits per heavy atom. The number of benzene rings is 2. The van der Waals surface area contributed by atoms with Crippen LogP contribution in [0.15, 0.2) is 48.5 Å². The Bertz CT molecular complexity index is 593. The van der Waals surface area contributed by atoms with E-state index in [4.69, 9.17) is 17.0 Å². The molecule has 0 saturated carbocycles. The second kappa shape index (κ2) is 6.53. The summed E-state index contributed by atoms with van der Waals surface area (Å²) in [5.41, 5.74) is 3.19. The van der Waals surface area contributed by atoms with Crippen LogP contribution in [0.25, 0.3) is 0 Å². The number of aliphatic hydroxyl groups excluding tert-OH is 1. The first kappa shape index (κ1) is 14.5. The highest BCUT2D eigenvalue weighted by atomic mass is 32.1. The molecule has 0 aliphatic rings. The van der Waals surface area contributed by atoms with Crippen molar-refractivity contribution in [2.45, 2.75) is 19.8 Å². The first-order valence-electron chi connectivity index (χ1n) is 6.55. The highest BCUT2D eigenvalue weighted by molar-refractivity contribution is 7.80. The Labute approximate surface area is 125 Å². The minimum Gasteiger partial charge on any atom is -0.501 e. The number of aliphatic hydroxyl groups is 1. The molecule has 2 aromatic rings. The molecule has 3 heteroatoms. The van der Waals surface area contributed by atoms with Gasteiger partial charge < -0.3 is 9.84 Å². The first-order valence-corrected chi connectivity index (χ1v) is 6.96. The number of aryl methyl sites for hydroxylation is 2. The number of hydrogen-bond acceptors (Lipinski definition) is 2. The fourth-order valence-corrected chi connectivity index (χ4v) is 2.24. The minimum atomic E-state index is -0.286. The van der Waals surface area contributed by atoms with Crippen LogP contribution >= 0.6 is 12.2 Å². The third kappa shape index (κ3) is 3.58. The second-order valence-corrected chi connectivity index (χ2v) is 5.30. The van der Waals surface area contributed by atoms with Crippen molar-refractivity contribution in [2.75, 3.05) is 6.61 Å². The van der Waals surface area contributed by atoms with Crippen molar-refractivity contribution in [1.82, 2.24) is 0 Å². The standard InChI is InChI=1S/C17H18O2S/c1-12-8-9-13(2)16(10-12)19-11-15(17(18)20)14-6-4-3-5-7-14/h3-10,15H,11H2,1-2H3,(H,18,20). The van der Waals surface area contributed by atoms with Crippen molar-refractivity contribution in [3.8, 4) is 5.75 Å². The molecule has 0 spiro atoms. The number of thiocarbonyl (C=S) groups is 1. The molecule has 0 aliphatic heterocycles. The maximum absolute atomic E-state index is 9.72. The van der Waals surface area contributed by atoms with Gasteiger partial charge in [-0.15, -0.1) is 0 Å². The topological polar surface area (TPSA) is 29.5 Å². The molecule has 2 aromatic carbocycles. The molecular weight excluding hydrogens is 268 g/mol. The molecular formula is C17H18O2S. The minimum absolute atomic E-state index is 0.0403. The average Bonchev–Trinajstić information content (AvgIpc) is 2.43. The third-order valence-corrected chi connectivity index (χ3v) is 3.53. The number of rotatable bonds is 5. The zero-order chi connectivity index (χ0) is 14.5. The van der Waals surface area contributed by atoms with Crippen molar-refractivity contribution in [1.29, 1.82) is 0 Å². The predicted octanol–water partition coefficient (Wildman–Crippen LogP) is 4.35. The molecule has 0 aromatic heterocycles. The molecule has 2 nitrogen and oxygen atoms in total. The lowest BCUT2D eigenvalue weighted by Gasteiger charge is -2.17. The molecule has 0 radical (unpaired) electrons. The van der Waals surface area contributed by atoms with Gasteiger partial charge in [0, 0.05) is 0 Å². The van der Waals surface area contributed by atoms with Crippen LogP contribution in [0.2, 0.25) is 0 Å². The summed E-state index contributed by atoms with van der Waals surface area (Å²) in [6.07, 6.45) is 0. The van der Waals surface area contributed by atoms with Gasteiger partial charge in [0.1, 0.15) is 12.4 Å². The van der Waals surface area contributed by atoms with Gasteiger partial charge in [0.25, 0.3) is 0 Å². The fraction of sp³-hybridized carbons (Fsp3) is 0.235. The van der Waals surface area contributed by atoms with Crippen LogP contribution < -0.4 is 4.74 Å². The summed E-state index contributed by atoms with van der Waals surface area (Å²) in [5.74, 6) is 0.549. The Balaban J connectivity index is 2.14. The molecule has 104 valence electrons. The number of hydrogen-bond donors (Lipinski definition) is 1.